The molecule has 2 aromatic carbocycles. The van der Waals surface area contributed by atoms with Gasteiger partial charge in [0.1, 0.15) is 10.7 Å². The first-order valence-electron chi connectivity index (χ1n) is 10.9. The van der Waals surface area contributed by atoms with Gasteiger partial charge < -0.3 is 5.32 Å². The zero-order valence-electron chi connectivity index (χ0n) is 19.2. The highest BCUT2D eigenvalue weighted by molar-refractivity contribution is 7.89. The molecule has 3 rings (SSSR count). The number of hydrazine groups is 1. The smallest absolute Gasteiger partial charge is 0.336 e. The summed E-state index contributed by atoms with van der Waals surface area (Å²) in [6.07, 6.45) is 0.281. The Morgan fingerprint density at radius 3 is 2.54 bits per heavy atom. The Morgan fingerprint density at radius 2 is 1.86 bits per heavy atom. The number of fused-ring (bicyclic) bond motifs is 1. The van der Waals surface area contributed by atoms with Crippen LogP contribution in [0, 0.1) is 11.7 Å². The molecule has 0 aliphatic rings. The number of thiophene rings is 1. The number of halogens is 2. The van der Waals surface area contributed by atoms with Crippen molar-refractivity contribution < 1.29 is 22.4 Å². The summed E-state index contributed by atoms with van der Waals surface area (Å²) in [5, 5.41) is 4.64. The van der Waals surface area contributed by atoms with Crippen LogP contribution < -0.4 is 15.5 Å². The van der Waals surface area contributed by atoms with Crippen LogP contribution in [0.5, 0.6) is 0 Å². The van der Waals surface area contributed by atoms with Crippen molar-refractivity contribution in [1.29, 1.82) is 0 Å². The van der Waals surface area contributed by atoms with Gasteiger partial charge in [0.2, 0.25) is 10.0 Å². The van der Waals surface area contributed by atoms with E-state index < -0.39 is 21.9 Å². The molecule has 12 heteroatoms. The number of benzene rings is 2. The van der Waals surface area contributed by atoms with E-state index in [1.165, 1.54) is 16.3 Å². The fraction of sp³-hybridized carbons (Fsp3) is 0.304. The number of urea groups is 1. The van der Waals surface area contributed by atoms with Gasteiger partial charge >= 0.3 is 6.03 Å². The van der Waals surface area contributed by atoms with Crippen LogP contribution in [0.3, 0.4) is 0 Å². The van der Waals surface area contributed by atoms with Gasteiger partial charge in [-0.3, -0.25) is 10.2 Å². The number of carbonyl (C=O) groups excluding carboxylic acids is 2. The van der Waals surface area contributed by atoms with Crippen molar-refractivity contribution in [3.8, 4) is 0 Å². The van der Waals surface area contributed by atoms with E-state index in [1.807, 2.05) is 38.1 Å². The molecule has 0 unspecified atom stereocenters. The summed E-state index contributed by atoms with van der Waals surface area (Å²) in [4.78, 5) is 25.7. The van der Waals surface area contributed by atoms with E-state index in [9.17, 15) is 22.4 Å². The van der Waals surface area contributed by atoms with Crippen molar-refractivity contribution in [2.45, 2.75) is 25.2 Å². The van der Waals surface area contributed by atoms with Crippen molar-refractivity contribution in [3.63, 3.8) is 0 Å². The monoisotopic (exact) mass is 540 g/mol. The van der Waals surface area contributed by atoms with Crippen LogP contribution in [0.25, 0.3) is 10.1 Å². The van der Waals surface area contributed by atoms with E-state index >= 15 is 0 Å². The molecule has 0 radical (unpaired) electrons. The minimum Gasteiger partial charge on any atom is -0.337 e. The van der Waals surface area contributed by atoms with Gasteiger partial charge in [0, 0.05) is 24.3 Å². The molecule has 0 bridgehead atoms. The number of rotatable bonds is 9. The lowest BCUT2D eigenvalue weighted by Gasteiger charge is -2.25. The maximum atomic E-state index is 13.2. The highest BCUT2D eigenvalue weighted by atomic mass is 35.5. The first-order valence-corrected chi connectivity index (χ1v) is 13.5. The van der Waals surface area contributed by atoms with Gasteiger partial charge in [0.15, 0.2) is 0 Å². The molecule has 1 aromatic heterocycles. The quantitative estimate of drug-likeness (QED) is 0.276. The van der Waals surface area contributed by atoms with E-state index in [2.05, 4.69) is 15.5 Å². The predicted molar refractivity (Wildman–Crippen MR) is 135 cm³/mol. The maximum absolute atomic E-state index is 13.2. The fourth-order valence-electron chi connectivity index (χ4n) is 3.17. The van der Waals surface area contributed by atoms with Gasteiger partial charge in [-0.15, -0.1) is 11.3 Å². The van der Waals surface area contributed by atoms with Crippen molar-refractivity contribution >= 4 is 55.0 Å². The zero-order valence-corrected chi connectivity index (χ0v) is 21.6. The summed E-state index contributed by atoms with van der Waals surface area (Å²) in [7, 11) is -3.93. The minimum atomic E-state index is -3.93. The highest BCUT2D eigenvalue weighted by Crippen LogP contribution is 2.25. The Morgan fingerprint density at radius 1 is 1.11 bits per heavy atom. The van der Waals surface area contributed by atoms with Crippen molar-refractivity contribution in [3.05, 3.63) is 64.2 Å². The Hall–Kier alpha value is -2.73. The number of hydrogen-bond donors (Lipinski definition) is 3. The lowest BCUT2D eigenvalue weighted by molar-refractivity contribution is 0.0816. The average Bonchev–Trinajstić information content (AvgIpc) is 3.22. The molecule has 0 fully saturated rings. The van der Waals surface area contributed by atoms with E-state index in [4.69, 9.17) is 11.6 Å². The largest absolute Gasteiger partial charge is 0.337 e. The van der Waals surface area contributed by atoms with E-state index in [1.54, 1.807) is 6.07 Å². The molecule has 0 aliphatic carbocycles. The summed E-state index contributed by atoms with van der Waals surface area (Å²) in [5.41, 5.74) is 2.66. The molecule has 0 atom stereocenters. The lowest BCUT2D eigenvalue weighted by atomic mass is 10.2. The highest BCUT2D eigenvalue weighted by Gasteiger charge is 2.20. The van der Waals surface area contributed by atoms with Crippen LogP contribution in [-0.2, 0) is 10.0 Å². The standard InChI is InChI=1S/C23H26ClFN4O4S2/c1-15(2)14-29(28-22(30)20-12-16-6-3-4-7-19(16)34-20)23(31)26-10-5-11-27-35(32,33)21-9-8-17(25)13-18(21)24/h3-4,6-9,12-13,15,27H,5,10-11,14H2,1-2H3,(H,26,31)(H,28,30). The van der Waals surface area contributed by atoms with Crippen molar-refractivity contribution in [1.82, 2.24) is 20.5 Å². The number of nitrogens with zero attached hydrogens (tertiary/aromatic N) is 1. The molecule has 1 heterocycles. The van der Waals surface area contributed by atoms with Crippen LogP contribution in [0.15, 0.2) is 53.4 Å². The number of carbonyl (C=O) groups is 2. The molecule has 0 spiro atoms. The molecule has 3 N–H and O–H groups in total. The Bertz CT molecular complexity index is 1280. The molecule has 8 nitrogen and oxygen atoms in total. The van der Waals surface area contributed by atoms with Crippen LogP contribution in [0.4, 0.5) is 9.18 Å². The summed E-state index contributed by atoms with van der Waals surface area (Å²) in [6.45, 7) is 4.31. The molecule has 3 aromatic rings. The van der Waals surface area contributed by atoms with Gasteiger partial charge in [0.25, 0.3) is 5.91 Å². The number of hydrogen-bond acceptors (Lipinski definition) is 5. The van der Waals surface area contributed by atoms with Crippen molar-refractivity contribution in [2.24, 2.45) is 5.92 Å². The zero-order chi connectivity index (χ0) is 25.6. The summed E-state index contributed by atoms with van der Waals surface area (Å²) in [6, 6.07) is 11.9. The van der Waals surface area contributed by atoms with Crippen LogP contribution in [-0.4, -0.2) is 45.0 Å². The topological polar surface area (TPSA) is 108 Å². The molecule has 0 aliphatic heterocycles. The fourth-order valence-corrected chi connectivity index (χ4v) is 5.73. The lowest BCUT2D eigenvalue weighted by Crippen LogP contribution is -2.52. The van der Waals surface area contributed by atoms with Gasteiger partial charge in [0.05, 0.1) is 9.90 Å². The SMILES string of the molecule is CC(C)CN(NC(=O)c1cc2ccccc2s1)C(=O)NCCCNS(=O)(=O)c1ccc(F)cc1Cl. The van der Waals surface area contributed by atoms with Gasteiger partial charge in [-0.05, 0) is 48.1 Å². The molecule has 3 amide bonds. The average molecular weight is 541 g/mol. The molecule has 0 saturated heterocycles. The summed E-state index contributed by atoms with van der Waals surface area (Å²) < 4.78 is 41.2. The second kappa shape index (κ2) is 11.8. The molecular formula is C23H26ClFN4O4S2. The second-order valence-electron chi connectivity index (χ2n) is 8.15. The molecule has 0 saturated carbocycles. The van der Waals surface area contributed by atoms with Crippen molar-refractivity contribution in [2.75, 3.05) is 19.6 Å². The van der Waals surface area contributed by atoms with Gasteiger partial charge in [-0.25, -0.2) is 27.3 Å². The summed E-state index contributed by atoms with van der Waals surface area (Å²) in [5.74, 6) is -0.927. The number of amides is 3. The maximum Gasteiger partial charge on any atom is 0.336 e. The van der Waals surface area contributed by atoms with Gasteiger partial charge in [-0.1, -0.05) is 43.6 Å². The Balaban J connectivity index is 1.52. The van der Waals surface area contributed by atoms with Gasteiger partial charge in [-0.2, -0.15) is 0 Å². The number of sulfonamides is 1. The molecular weight excluding hydrogens is 515 g/mol. The van der Waals surface area contributed by atoms with Crippen LogP contribution in [0.1, 0.15) is 29.9 Å². The van der Waals surface area contributed by atoms with E-state index in [0.717, 1.165) is 28.3 Å². The Labute approximate surface area is 212 Å². The van der Waals surface area contributed by atoms with E-state index in [-0.39, 0.29) is 47.8 Å². The number of nitrogens with one attached hydrogen (secondary N) is 3. The minimum absolute atomic E-state index is 0.0225. The molecule has 188 valence electrons. The third-order valence-electron chi connectivity index (χ3n) is 4.78. The Kier molecular flexibility index (Phi) is 9.06. The normalized spacial score (nSPS) is 11.6. The third-order valence-corrected chi connectivity index (χ3v) is 7.84. The predicted octanol–water partition coefficient (Wildman–Crippen LogP) is 4.37. The first kappa shape index (κ1) is 26.9. The molecule has 35 heavy (non-hydrogen) atoms. The third kappa shape index (κ3) is 7.38. The van der Waals surface area contributed by atoms with E-state index in [0.29, 0.717) is 4.88 Å². The van der Waals surface area contributed by atoms with Crippen LogP contribution >= 0.6 is 22.9 Å². The summed E-state index contributed by atoms with van der Waals surface area (Å²) >= 11 is 7.16. The first-order chi connectivity index (χ1) is 16.6. The van der Waals surface area contributed by atoms with Crippen LogP contribution in [0.2, 0.25) is 5.02 Å². The second-order valence-corrected chi connectivity index (χ2v) is 11.4.